The van der Waals surface area contributed by atoms with Crippen LogP contribution in [0, 0.1) is 5.92 Å². The number of rotatable bonds is 3. The Kier molecular flexibility index (Phi) is 4.00. The second-order valence-corrected chi connectivity index (χ2v) is 6.50. The number of fused-ring (bicyclic) bond motifs is 1. The lowest BCUT2D eigenvalue weighted by Gasteiger charge is -2.35. The van der Waals surface area contributed by atoms with Crippen molar-refractivity contribution in [3.8, 4) is 0 Å². The molecule has 2 aromatic rings. The van der Waals surface area contributed by atoms with E-state index in [4.69, 9.17) is 11.6 Å². The van der Waals surface area contributed by atoms with E-state index in [-0.39, 0.29) is 0 Å². The van der Waals surface area contributed by atoms with E-state index >= 15 is 0 Å². The maximum Gasteiger partial charge on any atom is 0.159 e. The number of halogens is 1. The third-order valence-corrected chi connectivity index (χ3v) is 4.71. The molecule has 0 atom stereocenters. The van der Waals surface area contributed by atoms with Gasteiger partial charge in [-0.1, -0.05) is 42.8 Å². The number of benzene rings is 1. The zero-order valence-electron chi connectivity index (χ0n) is 12.1. The topological polar surface area (TPSA) is 58.0 Å². The third-order valence-electron chi connectivity index (χ3n) is 4.43. The summed E-state index contributed by atoms with van der Waals surface area (Å²) in [6.45, 7) is 2.74. The molecule has 1 saturated carbocycles. The van der Waals surface area contributed by atoms with Crippen molar-refractivity contribution in [2.45, 2.75) is 38.2 Å². The van der Waals surface area contributed by atoms with Crippen molar-refractivity contribution >= 4 is 28.2 Å². The molecule has 4 nitrogen and oxygen atoms in total. The van der Waals surface area contributed by atoms with Crippen LogP contribution in [-0.4, -0.2) is 27.4 Å². The zero-order chi connectivity index (χ0) is 14.9. The lowest BCUT2D eigenvalue weighted by molar-refractivity contribution is 0.00496. The molecule has 1 heterocycles. The molecule has 1 aromatic carbocycles. The summed E-state index contributed by atoms with van der Waals surface area (Å²) in [5.74, 6) is 1.39. The molecule has 112 valence electrons. The second-order valence-electron chi connectivity index (χ2n) is 6.15. The van der Waals surface area contributed by atoms with Gasteiger partial charge in [-0.25, -0.2) is 0 Å². The predicted molar refractivity (Wildman–Crippen MR) is 85.6 cm³/mol. The molecule has 3 rings (SSSR count). The van der Waals surface area contributed by atoms with E-state index < -0.39 is 5.60 Å². The van der Waals surface area contributed by atoms with E-state index in [2.05, 4.69) is 22.4 Å². The van der Waals surface area contributed by atoms with E-state index in [1.54, 1.807) is 0 Å². The Labute approximate surface area is 129 Å². The van der Waals surface area contributed by atoms with Gasteiger partial charge in [0, 0.05) is 17.3 Å². The molecule has 2 N–H and O–H groups in total. The molecule has 1 aromatic heterocycles. The predicted octanol–water partition coefficient (Wildman–Crippen LogP) is 3.64. The van der Waals surface area contributed by atoms with Crippen molar-refractivity contribution < 1.29 is 5.11 Å². The summed E-state index contributed by atoms with van der Waals surface area (Å²) in [7, 11) is 0. The van der Waals surface area contributed by atoms with Gasteiger partial charge in [-0.05, 0) is 31.6 Å². The van der Waals surface area contributed by atoms with Crippen LogP contribution in [0.25, 0.3) is 10.8 Å². The standard InChI is InChI=1S/C16H20ClN3O/c1-11-6-8-16(21,9-7-11)10-18-15-13-5-3-2-4-12(13)14(17)19-20-15/h2-5,11,21H,6-10H2,1H3,(H,18,20). The monoisotopic (exact) mass is 305 g/mol. The summed E-state index contributed by atoms with van der Waals surface area (Å²) >= 11 is 6.07. The number of aromatic nitrogens is 2. The Morgan fingerprint density at radius 1 is 1.24 bits per heavy atom. The van der Waals surface area contributed by atoms with Gasteiger partial charge < -0.3 is 10.4 Å². The number of nitrogens with zero attached hydrogens (tertiary/aromatic N) is 2. The van der Waals surface area contributed by atoms with Crippen LogP contribution in [0.1, 0.15) is 32.6 Å². The quantitative estimate of drug-likeness (QED) is 0.909. The fraction of sp³-hybridized carbons (Fsp3) is 0.500. The summed E-state index contributed by atoms with van der Waals surface area (Å²) in [4.78, 5) is 0. The van der Waals surface area contributed by atoms with Crippen LogP contribution >= 0.6 is 11.6 Å². The molecule has 0 aliphatic heterocycles. The first-order valence-electron chi connectivity index (χ1n) is 7.45. The van der Waals surface area contributed by atoms with Crippen LogP contribution < -0.4 is 5.32 Å². The maximum absolute atomic E-state index is 10.6. The van der Waals surface area contributed by atoms with Crippen molar-refractivity contribution in [3.63, 3.8) is 0 Å². The molecule has 0 saturated heterocycles. The van der Waals surface area contributed by atoms with E-state index in [9.17, 15) is 5.11 Å². The summed E-state index contributed by atoms with van der Waals surface area (Å²) < 4.78 is 0. The van der Waals surface area contributed by atoms with Crippen LogP contribution in [0.5, 0.6) is 0 Å². The normalized spacial score (nSPS) is 26.0. The van der Waals surface area contributed by atoms with Gasteiger partial charge in [-0.2, -0.15) is 0 Å². The summed E-state index contributed by atoms with van der Waals surface area (Å²) in [6, 6.07) is 7.76. The smallest absolute Gasteiger partial charge is 0.159 e. The Hall–Kier alpha value is -1.39. The SMILES string of the molecule is CC1CCC(O)(CNc2nnc(Cl)c3ccccc23)CC1. The van der Waals surface area contributed by atoms with Gasteiger partial charge in [0.15, 0.2) is 11.0 Å². The molecule has 0 amide bonds. The molecular weight excluding hydrogens is 286 g/mol. The zero-order valence-corrected chi connectivity index (χ0v) is 12.9. The third kappa shape index (κ3) is 3.11. The number of hydrogen-bond acceptors (Lipinski definition) is 4. The number of aliphatic hydroxyl groups is 1. The molecule has 0 bridgehead atoms. The van der Waals surface area contributed by atoms with E-state index in [0.717, 1.165) is 36.5 Å². The second kappa shape index (κ2) is 5.78. The fourth-order valence-electron chi connectivity index (χ4n) is 2.93. The van der Waals surface area contributed by atoms with Crippen molar-refractivity contribution in [1.29, 1.82) is 0 Å². The van der Waals surface area contributed by atoms with Crippen molar-refractivity contribution in [1.82, 2.24) is 10.2 Å². The van der Waals surface area contributed by atoms with Gasteiger partial charge in [0.05, 0.1) is 5.60 Å². The minimum atomic E-state index is -0.644. The molecule has 1 aliphatic rings. The molecular formula is C16H20ClN3O. The summed E-state index contributed by atoms with van der Waals surface area (Å²) in [5, 5.41) is 24.2. The lowest BCUT2D eigenvalue weighted by atomic mass is 9.79. The molecule has 0 unspecified atom stereocenters. The van der Waals surface area contributed by atoms with Crippen LogP contribution in [-0.2, 0) is 0 Å². The molecule has 0 spiro atoms. The highest BCUT2D eigenvalue weighted by Crippen LogP contribution is 2.32. The molecule has 0 radical (unpaired) electrons. The van der Waals surface area contributed by atoms with Gasteiger partial charge in [0.2, 0.25) is 0 Å². The first-order valence-corrected chi connectivity index (χ1v) is 7.82. The average Bonchev–Trinajstić information content (AvgIpc) is 2.50. The van der Waals surface area contributed by atoms with E-state index in [1.165, 1.54) is 0 Å². The molecule has 21 heavy (non-hydrogen) atoms. The summed E-state index contributed by atoms with van der Waals surface area (Å²) in [6.07, 6.45) is 3.82. The van der Waals surface area contributed by atoms with Gasteiger partial charge >= 0.3 is 0 Å². The van der Waals surface area contributed by atoms with Gasteiger partial charge in [-0.3, -0.25) is 0 Å². The van der Waals surface area contributed by atoms with Gasteiger partial charge in [0.1, 0.15) is 0 Å². The minimum Gasteiger partial charge on any atom is -0.388 e. The van der Waals surface area contributed by atoms with E-state index in [0.29, 0.717) is 23.4 Å². The van der Waals surface area contributed by atoms with Crippen LogP contribution in [0.4, 0.5) is 5.82 Å². The summed E-state index contributed by atoms with van der Waals surface area (Å²) in [5.41, 5.74) is -0.644. The van der Waals surface area contributed by atoms with Gasteiger partial charge in [-0.15, -0.1) is 10.2 Å². The highest BCUT2D eigenvalue weighted by atomic mass is 35.5. The maximum atomic E-state index is 10.6. The lowest BCUT2D eigenvalue weighted by Crippen LogP contribution is -2.40. The van der Waals surface area contributed by atoms with Crippen molar-refractivity contribution in [2.75, 3.05) is 11.9 Å². The first-order chi connectivity index (χ1) is 10.1. The number of hydrogen-bond donors (Lipinski definition) is 2. The average molecular weight is 306 g/mol. The van der Waals surface area contributed by atoms with Gasteiger partial charge in [0.25, 0.3) is 0 Å². The Morgan fingerprint density at radius 2 is 1.90 bits per heavy atom. The number of nitrogens with one attached hydrogen (secondary N) is 1. The Bertz CT molecular complexity index is 638. The first kappa shape index (κ1) is 14.5. The highest BCUT2D eigenvalue weighted by molar-refractivity contribution is 6.34. The molecule has 5 heteroatoms. The molecule has 1 fully saturated rings. The fourth-order valence-corrected chi connectivity index (χ4v) is 3.13. The van der Waals surface area contributed by atoms with Crippen LogP contribution in [0.2, 0.25) is 5.15 Å². The highest BCUT2D eigenvalue weighted by Gasteiger charge is 2.31. The van der Waals surface area contributed by atoms with Crippen molar-refractivity contribution in [3.05, 3.63) is 29.4 Å². The van der Waals surface area contributed by atoms with Crippen LogP contribution in [0.3, 0.4) is 0 Å². The Balaban J connectivity index is 1.78. The molecule has 1 aliphatic carbocycles. The van der Waals surface area contributed by atoms with Crippen molar-refractivity contribution in [2.24, 2.45) is 5.92 Å². The minimum absolute atomic E-state index is 0.404. The van der Waals surface area contributed by atoms with Crippen LogP contribution in [0.15, 0.2) is 24.3 Å². The Morgan fingerprint density at radius 3 is 2.62 bits per heavy atom. The number of anilines is 1. The largest absolute Gasteiger partial charge is 0.388 e. The van der Waals surface area contributed by atoms with E-state index in [1.807, 2.05) is 24.3 Å².